The lowest BCUT2D eigenvalue weighted by Gasteiger charge is -2.00. The lowest BCUT2D eigenvalue weighted by molar-refractivity contribution is 0.606. The Hall–Kier alpha value is -1.82. The second-order valence-electron chi connectivity index (χ2n) is 4.33. The third-order valence-corrected chi connectivity index (χ3v) is 4.17. The summed E-state index contributed by atoms with van der Waals surface area (Å²) in [6, 6.07) is 13.4. The Bertz CT molecular complexity index is 832. The fourth-order valence-electron chi connectivity index (χ4n) is 1.63. The maximum Gasteiger partial charge on any atom is 0.277 e. The van der Waals surface area contributed by atoms with E-state index in [4.69, 9.17) is 28.9 Å². The monoisotopic (exact) mass is 354 g/mol. The Morgan fingerprint density at radius 1 is 1.09 bits per heavy atom. The van der Waals surface area contributed by atoms with Crippen LogP contribution in [0.4, 0.5) is 0 Å². The summed E-state index contributed by atoms with van der Waals surface area (Å²) in [5.41, 5.74) is 6.74. The highest BCUT2D eigenvalue weighted by Gasteiger charge is 2.07. The van der Waals surface area contributed by atoms with Gasteiger partial charge in [-0.1, -0.05) is 59.6 Å². The molecule has 0 saturated heterocycles. The molecule has 0 saturated carbocycles. The third-order valence-electron chi connectivity index (χ3n) is 2.68. The van der Waals surface area contributed by atoms with E-state index in [2.05, 4.69) is 4.40 Å². The third kappa shape index (κ3) is 4.59. The van der Waals surface area contributed by atoms with Crippen molar-refractivity contribution in [3.05, 3.63) is 75.1 Å². The van der Waals surface area contributed by atoms with E-state index in [1.165, 1.54) is 12.1 Å². The molecule has 0 aliphatic rings. The number of amidine groups is 1. The van der Waals surface area contributed by atoms with Gasteiger partial charge >= 0.3 is 0 Å². The first-order valence-electron chi connectivity index (χ1n) is 6.16. The van der Waals surface area contributed by atoms with Gasteiger partial charge in [0.25, 0.3) is 10.0 Å². The second kappa shape index (κ2) is 6.96. The van der Waals surface area contributed by atoms with Crippen LogP contribution in [0.3, 0.4) is 0 Å². The van der Waals surface area contributed by atoms with E-state index in [-0.39, 0.29) is 5.84 Å². The molecule has 0 spiro atoms. The molecular formula is C15H12Cl2N2O2S. The lowest BCUT2D eigenvalue weighted by Crippen LogP contribution is -2.15. The summed E-state index contributed by atoms with van der Waals surface area (Å²) in [5, 5.41) is 1.76. The van der Waals surface area contributed by atoms with E-state index in [9.17, 15) is 8.42 Å². The molecule has 0 amide bonds. The van der Waals surface area contributed by atoms with Crippen LogP contribution in [0.2, 0.25) is 10.0 Å². The number of rotatable bonds is 4. The van der Waals surface area contributed by atoms with Crippen molar-refractivity contribution in [2.75, 3.05) is 0 Å². The lowest BCUT2D eigenvalue weighted by atomic mass is 10.2. The summed E-state index contributed by atoms with van der Waals surface area (Å²) >= 11 is 11.7. The van der Waals surface area contributed by atoms with E-state index < -0.39 is 10.0 Å². The molecule has 7 heteroatoms. The van der Waals surface area contributed by atoms with Gasteiger partial charge in [0, 0.05) is 15.6 Å². The predicted molar refractivity (Wildman–Crippen MR) is 91.6 cm³/mol. The summed E-state index contributed by atoms with van der Waals surface area (Å²) in [6.45, 7) is 0. The molecule has 4 nitrogen and oxygen atoms in total. The van der Waals surface area contributed by atoms with Crippen molar-refractivity contribution in [1.82, 2.24) is 0 Å². The number of nitrogens with two attached hydrogens (primary N) is 1. The Kier molecular flexibility index (Phi) is 5.24. The van der Waals surface area contributed by atoms with Crippen molar-refractivity contribution in [2.24, 2.45) is 10.1 Å². The zero-order valence-electron chi connectivity index (χ0n) is 11.3. The molecule has 0 aromatic heterocycles. The molecule has 0 radical (unpaired) electrons. The van der Waals surface area contributed by atoms with Crippen LogP contribution in [0.5, 0.6) is 0 Å². The van der Waals surface area contributed by atoms with Crippen LogP contribution in [-0.2, 0) is 10.0 Å². The van der Waals surface area contributed by atoms with Crippen molar-refractivity contribution in [2.45, 2.75) is 0 Å². The maximum atomic E-state index is 11.9. The number of hydrogen-bond acceptors (Lipinski definition) is 2. The number of benzene rings is 2. The van der Waals surface area contributed by atoms with Crippen LogP contribution >= 0.6 is 23.2 Å². The van der Waals surface area contributed by atoms with Crippen molar-refractivity contribution in [3.8, 4) is 0 Å². The Labute approximate surface area is 138 Å². The highest BCUT2D eigenvalue weighted by Crippen LogP contribution is 2.22. The van der Waals surface area contributed by atoms with Gasteiger partial charge in [-0.25, -0.2) is 0 Å². The molecule has 0 heterocycles. The van der Waals surface area contributed by atoms with Crippen LogP contribution in [0.25, 0.3) is 6.08 Å². The van der Waals surface area contributed by atoms with Crippen LogP contribution in [-0.4, -0.2) is 14.3 Å². The molecule has 2 aromatic rings. The van der Waals surface area contributed by atoms with Gasteiger partial charge < -0.3 is 5.73 Å². The van der Waals surface area contributed by atoms with E-state index in [0.29, 0.717) is 21.2 Å². The van der Waals surface area contributed by atoms with E-state index in [1.54, 1.807) is 42.5 Å². The fraction of sp³-hybridized carbons (Fsp3) is 0. The predicted octanol–water partition coefficient (Wildman–Crippen LogP) is 3.70. The number of hydrogen-bond donors (Lipinski definition) is 1. The maximum absolute atomic E-state index is 11.9. The first-order chi connectivity index (χ1) is 10.4. The average molecular weight is 355 g/mol. The molecule has 2 N–H and O–H groups in total. The van der Waals surface area contributed by atoms with E-state index in [1.807, 2.05) is 0 Å². The summed E-state index contributed by atoms with van der Waals surface area (Å²) in [5.74, 6) is -0.0764. The number of nitrogens with zero attached hydrogens (tertiary/aromatic N) is 1. The second-order valence-corrected chi connectivity index (χ2v) is 6.65. The minimum absolute atomic E-state index is 0.0764. The zero-order chi connectivity index (χ0) is 16.2. The van der Waals surface area contributed by atoms with Crippen LogP contribution in [0, 0.1) is 0 Å². The molecule has 0 atom stereocenters. The van der Waals surface area contributed by atoms with E-state index >= 15 is 0 Å². The molecule has 0 aliphatic heterocycles. The van der Waals surface area contributed by atoms with Crippen molar-refractivity contribution in [1.29, 1.82) is 0 Å². The van der Waals surface area contributed by atoms with Crippen molar-refractivity contribution >= 4 is 45.1 Å². The van der Waals surface area contributed by atoms with Gasteiger partial charge in [-0.05, 0) is 23.8 Å². The number of sulfonamides is 1. The zero-order valence-corrected chi connectivity index (χ0v) is 13.6. The summed E-state index contributed by atoms with van der Waals surface area (Å²) in [7, 11) is -3.86. The van der Waals surface area contributed by atoms with Gasteiger partial charge in [0.1, 0.15) is 5.84 Å². The standard InChI is InChI=1S/C15H12Cl2N2O2S/c16-13-7-6-11(14(17)10-13)8-9-22(20,21)19-15(18)12-4-2-1-3-5-12/h1-10H,(H2,18,19). The minimum atomic E-state index is -3.86. The molecule has 0 bridgehead atoms. The quantitative estimate of drug-likeness (QED) is 0.671. The van der Waals surface area contributed by atoms with Crippen LogP contribution in [0.1, 0.15) is 11.1 Å². The molecular weight excluding hydrogens is 343 g/mol. The first kappa shape index (κ1) is 16.5. The van der Waals surface area contributed by atoms with Crippen LogP contribution in [0.15, 0.2) is 58.3 Å². The normalized spacial score (nSPS) is 12.7. The van der Waals surface area contributed by atoms with Crippen LogP contribution < -0.4 is 5.73 Å². The van der Waals surface area contributed by atoms with E-state index in [0.717, 1.165) is 5.41 Å². The molecule has 2 rings (SSSR count). The fourth-order valence-corrected chi connectivity index (χ4v) is 2.86. The molecule has 114 valence electrons. The topological polar surface area (TPSA) is 72.5 Å². The number of halogens is 2. The largest absolute Gasteiger partial charge is 0.383 e. The molecule has 2 aromatic carbocycles. The van der Waals surface area contributed by atoms with Crippen molar-refractivity contribution < 1.29 is 8.42 Å². The Morgan fingerprint density at radius 2 is 1.77 bits per heavy atom. The van der Waals surface area contributed by atoms with Crippen molar-refractivity contribution in [3.63, 3.8) is 0 Å². The summed E-state index contributed by atoms with van der Waals surface area (Å²) < 4.78 is 27.4. The van der Waals surface area contributed by atoms with Gasteiger partial charge in [0.15, 0.2) is 0 Å². The van der Waals surface area contributed by atoms with Gasteiger partial charge in [-0.15, -0.1) is 4.40 Å². The van der Waals surface area contributed by atoms with Gasteiger partial charge in [-0.3, -0.25) is 0 Å². The van der Waals surface area contributed by atoms with Gasteiger partial charge in [0.2, 0.25) is 0 Å². The Balaban J connectivity index is 2.26. The highest BCUT2D eigenvalue weighted by molar-refractivity contribution is 7.93. The van der Waals surface area contributed by atoms with Gasteiger partial charge in [-0.2, -0.15) is 8.42 Å². The smallest absolute Gasteiger partial charge is 0.277 e. The highest BCUT2D eigenvalue weighted by atomic mass is 35.5. The SMILES string of the molecule is N/C(=N\S(=O)(=O)C=Cc1ccc(Cl)cc1Cl)c1ccccc1. The molecule has 22 heavy (non-hydrogen) atoms. The summed E-state index contributed by atoms with van der Waals surface area (Å²) in [6.07, 6.45) is 1.34. The summed E-state index contributed by atoms with van der Waals surface area (Å²) in [4.78, 5) is 0. The Morgan fingerprint density at radius 3 is 2.41 bits per heavy atom. The molecule has 0 unspecified atom stereocenters. The average Bonchev–Trinajstić information content (AvgIpc) is 2.47. The first-order valence-corrected chi connectivity index (χ1v) is 8.42. The molecule has 0 fully saturated rings. The van der Waals surface area contributed by atoms with Gasteiger partial charge in [0.05, 0.1) is 5.41 Å². The molecule has 0 aliphatic carbocycles. The minimum Gasteiger partial charge on any atom is -0.383 e.